The van der Waals surface area contributed by atoms with E-state index in [0.29, 0.717) is 0 Å². The second kappa shape index (κ2) is 9.05. The van der Waals surface area contributed by atoms with E-state index in [-0.39, 0.29) is 35.9 Å². The van der Waals surface area contributed by atoms with E-state index in [4.69, 9.17) is 0 Å². The summed E-state index contributed by atoms with van der Waals surface area (Å²) in [6, 6.07) is 10.4. The highest BCUT2D eigenvalue weighted by molar-refractivity contribution is 5.82. The summed E-state index contributed by atoms with van der Waals surface area (Å²) in [7, 11) is 0. The normalized spacial score (nSPS) is 26.9. The van der Waals surface area contributed by atoms with Gasteiger partial charge in [-0.15, -0.1) is 0 Å². The first-order valence-electron chi connectivity index (χ1n) is 10.9. The summed E-state index contributed by atoms with van der Waals surface area (Å²) in [4.78, 5) is 27.3. The number of likely N-dealkylation sites (tertiary alicyclic amines) is 1. The van der Waals surface area contributed by atoms with Crippen LogP contribution in [0.15, 0.2) is 30.3 Å². The molecular weight excluding hydrogens is 352 g/mol. The number of amides is 2. The van der Waals surface area contributed by atoms with E-state index in [1.165, 1.54) is 24.8 Å². The Morgan fingerprint density at radius 2 is 1.64 bits per heavy atom. The van der Waals surface area contributed by atoms with Crippen LogP contribution >= 0.6 is 0 Å². The van der Waals surface area contributed by atoms with Crippen LogP contribution in [-0.2, 0) is 9.59 Å². The Bertz CT molecular complexity index is 666. The fourth-order valence-electron chi connectivity index (χ4n) is 4.77. The van der Waals surface area contributed by atoms with Gasteiger partial charge in [-0.25, -0.2) is 10.9 Å². The zero-order valence-corrected chi connectivity index (χ0v) is 16.5. The van der Waals surface area contributed by atoms with Gasteiger partial charge in [-0.1, -0.05) is 49.6 Å². The smallest absolute Gasteiger partial charge is 0.241 e. The van der Waals surface area contributed by atoms with Gasteiger partial charge < -0.3 is 10.2 Å². The summed E-state index contributed by atoms with van der Waals surface area (Å²) >= 11 is 0. The minimum Gasteiger partial charge on any atom is -0.353 e. The molecule has 152 valence electrons. The average molecular weight is 385 g/mol. The third-order valence-corrected chi connectivity index (χ3v) is 6.53. The first-order valence-corrected chi connectivity index (χ1v) is 10.9. The number of nitrogens with zero attached hydrogens (tertiary/aromatic N) is 1. The lowest BCUT2D eigenvalue weighted by Crippen LogP contribution is -2.52. The van der Waals surface area contributed by atoms with E-state index in [2.05, 4.69) is 28.3 Å². The summed E-state index contributed by atoms with van der Waals surface area (Å²) in [6.07, 6.45) is 8.16. The van der Waals surface area contributed by atoms with Gasteiger partial charge in [0.15, 0.2) is 0 Å². The molecule has 6 nitrogen and oxygen atoms in total. The van der Waals surface area contributed by atoms with Gasteiger partial charge in [0.2, 0.25) is 11.8 Å². The van der Waals surface area contributed by atoms with Gasteiger partial charge in [0.05, 0.1) is 0 Å². The Balaban J connectivity index is 1.22. The number of nitrogens with one attached hydrogen (secondary N) is 3. The van der Waals surface area contributed by atoms with Gasteiger partial charge >= 0.3 is 0 Å². The van der Waals surface area contributed by atoms with Gasteiger partial charge in [0.1, 0.15) is 6.04 Å². The van der Waals surface area contributed by atoms with Crippen molar-refractivity contribution in [2.75, 3.05) is 13.1 Å². The SMILES string of the molecule is O=C(NC1CCN(C(=O)C2CC(c3ccccc3)NN2)CC1)C1CCCCC1. The van der Waals surface area contributed by atoms with Crippen molar-refractivity contribution in [3.8, 4) is 0 Å². The molecule has 2 amide bonds. The van der Waals surface area contributed by atoms with Crippen LogP contribution in [0.25, 0.3) is 0 Å². The number of carbonyl (C=O) groups is 2. The molecule has 1 aliphatic carbocycles. The van der Waals surface area contributed by atoms with Crippen molar-refractivity contribution in [3.63, 3.8) is 0 Å². The molecule has 2 aliphatic heterocycles. The van der Waals surface area contributed by atoms with Crippen molar-refractivity contribution in [2.45, 2.75) is 69.5 Å². The minimum atomic E-state index is -0.182. The molecule has 0 spiro atoms. The highest BCUT2D eigenvalue weighted by Crippen LogP contribution is 2.25. The molecule has 2 atom stereocenters. The maximum absolute atomic E-state index is 12.9. The van der Waals surface area contributed by atoms with E-state index in [1.54, 1.807) is 0 Å². The average Bonchev–Trinajstić information content (AvgIpc) is 3.25. The third kappa shape index (κ3) is 4.55. The van der Waals surface area contributed by atoms with Gasteiger partial charge in [0, 0.05) is 31.1 Å². The quantitative estimate of drug-likeness (QED) is 0.745. The van der Waals surface area contributed by atoms with Crippen LogP contribution in [0.1, 0.15) is 63.0 Å². The number of hydrogen-bond acceptors (Lipinski definition) is 4. The van der Waals surface area contributed by atoms with Crippen molar-refractivity contribution in [1.82, 2.24) is 21.1 Å². The first-order chi connectivity index (χ1) is 13.7. The lowest BCUT2D eigenvalue weighted by Gasteiger charge is -2.34. The third-order valence-electron chi connectivity index (χ3n) is 6.53. The second-order valence-corrected chi connectivity index (χ2v) is 8.48. The Kier molecular flexibility index (Phi) is 6.27. The van der Waals surface area contributed by atoms with Gasteiger partial charge in [-0.2, -0.15) is 0 Å². The molecule has 3 aliphatic rings. The summed E-state index contributed by atoms with van der Waals surface area (Å²) < 4.78 is 0. The molecule has 3 N–H and O–H groups in total. The van der Waals surface area contributed by atoms with Crippen LogP contribution in [0, 0.1) is 5.92 Å². The van der Waals surface area contributed by atoms with Crippen molar-refractivity contribution < 1.29 is 9.59 Å². The molecule has 0 radical (unpaired) electrons. The van der Waals surface area contributed by atoms with Crippen molar-refractivity contribution in [2.24, 2.45) is 5.92 Å². The van der Waals surface area contributed by atoms with Crippen molar-refractivity contribution in [1.29, 1.82) is 0 Å². The van der Waals surface area contributed by atoms with E-state index in [0.717, 1.165) is 45.2 Å². The molecule has 0 aromatic heterocycles. The Hall–Kier alpha value is -1.92. The number of benzene rings is 1. The zero-order valence-electron chi connectivity index (χ0n) is 16.5. The van der Waals surface area contributed by atoms with Crippen LogP contribution in [0.4, 0.5) is 0 Å². The van der Waals surface area contributed by atoms with Crippen LogP contribution < -0.4 is 16.2 Å². The Labute approximate surface area is 167 Å². The van der Waals surface area contributed by atoms with Crippen LogP contribution in [-0.4, -0.2) is 41.9 Å². The monoisotopic (exact) mass is 384 g/mol. The number of piperidine rings is 1. The molecule has 2 unspecified atom stereocenters. The maximum Gasteiger partial charge on any atom is 0.241 e. The maximum atomic E-state index is 12.9. The summed E-state index contributed by atoms with van der Waals surface area (Å²) in [5, 5.41) is 3.24. The molecule has 6 heteroatoms. The molecule has 1 aromatic rings. The van der Waals surface area contributed by atoms with Crippen LogP contribution in [0.3, 0.4) is 0 Å². The number of hydrogen-bond donors (Lipinski definition) is 3. The lowest BCUT2D eigenvalue weighted by molar-refractivity contribution is -0.134. The van der Waals surface area contributed by atoms with Crippen LogP contribution in [0.5, 0.6) is 0 Å². The summed E-state index contributed by atoms with van der Waals surface area (Å²) in [6.45, 7) is 1.45. The molecule has 2 heterocycles. The topological polar surface area (TPSA) is 73.5 Å². The second-order valence-electron chi connectivity index (χ2n) is 8.48. The highest BCUT2D eigenvalue weighted by Gasteiger charge is 2.34. The Morgan fingerprint density at radius 3 is 2.36 bits per heavy atom. The molecule has 2 saturated heterocycles. The summed E-state index contributed by atoms with van der Waals surface area (Å²) in [5.41, 5.74) is 7.64. The summed E-state index contributed by atoms with van der Waals surface area (Å²) in [5.74, 6) is 0.608. The zero-order chi connectivity index (χ0) is 19.3. The number of rotatable bonds is 4. The van der Waals surface area contributed by atoms with Gasteiger partial charge in [0.25, 0.3) is 0 Å². The number of carbonyl (C=O) groups excluding carboxylic acids is 2. The molecule has 4 rings (SSSR count). The van der Waals surface area contributed by atoms with Crippen molar-refractivity contribution in [3.05, 3.63) is 35.9 Å². The van der Waals surface area contributed by atoms with E-state index in [1.807, 2.05) is 23.1 Å². The van der Waals surface area contributed by atoms with Gasteiger partial charge in [-0.3, -0.25) is 9.59 Å². The fourth-order valence-corrected chi connectivity index (χ4v) is 4.77. The first kappa shape index (κ1) is 19.4. The fraction of sp³-hybridized carbons (Fsp3) is 0.636. The van der Waals surface area contributed by atoms with E-state index in [9.17, 15) is 9.59 Å². The predicted octanol–water partition coefficient (Wildman–Crippen LogP) is 2.28. The van der Waals surface area contributed by atoms with Crippen LogP contribution in [0.2, 0.25) is 0 Å². The molecule has 1 aromatic carbocycles. The van der Waals surface area contributed by atoms with Gasteiger partial charge in [-0.05, 0) is 37.7 Å². The van der Waals surface area contributed by atoms with Crippen molar-refractivity contribution >= 4 is 11.8 Å². The molecule has 1 saturated carbocycles. The molecule has 0 bridgehead atoms. The number of hydrazine groups is 1. The molecule has 3 fully saturated rings. The van der Waals surface area contributed by atoms with E-state index >= 15 is 0 Å². The molecular formula is C22H32N4O2. The lowest BCUT2D eigenvalue weighted by atomic mass is 9.88. The van der Waals surface area contributed by atoms with E-state index < -0.39 is 0 Å². The molecule has 28 heavy (non-hydrogen) atoms. The minimum absolute atomic E-state index is 0.169. The Morgan fingerprint density at radius 1 is 0.929 bits per heavy atom. The largest absolute Gasteiger partial charge is 0.353 e. The highest BCUT2D eigenvalue weighted by atomic mass is 16.2. The standard InChI is InChI=1S/C22H32N4O2/c27-21(17-9-5-2-6-10-17)23-18-11-13-26(14-12-18)22(28)20-15-19(24-25-20)16-7-3-1-4-8-16/h1,3-4,7-8,17-20,24-25H,2,5-6,9-15H2,(H,23,27). The predicted molar refractivity (Wildman–Crippen MR) is 108 cm³/mol.